The lowest BCUT2D eigenvalue weighted by molar-refractivity contribution is 0.0623. The van der Waals surface area contributed by atoms with Crippen LogP contribution in [0.1, 0.15) is 46.1 Å². The number of nitrogens with two attached hydrogens (primary N) is 1. The van der Waals surface area contributed by atoms with Crippen LogP contribution >= 0.6 is 11.3 Å². The number of nitrogens with zero attached hydrogens (tertiary/aromatic N) is 1. The second-order valence-corrected chi connectivity index (χ2v) is 5.94. The van der Waals surface area contributed by atoms with Crippen molar-refractivity contribution in [1.29, 1.82) is 0 Å². The topological polar surface area (TPSA) is 59.5 Å². The van der Waals surface area contributed by atoms with E-state index in [4.69, 9.17) is 10.2 Å². The second kappa shape index (κ2) is 5.42. The van der Waals surface area contributed by atoms with E-state index in [1.807, 2.05) is 4.90 Å². The Labute approximate surface area is 122 Å². The smallest absolute Gasteiger partial charge is 0.290 e. The molecule has 0 aliphatic carbocycles. The Bertz CT molecular complexity index is 617. The van der Waals surface area contributed by atoms with Crippen molar-refractivity contribution in [3.05, 3.63) is 45.5 Å². The van der Waals surface area contributed by atoms with Crippen molar-refractivity contribution >= 4 is 17.2 Å². The van der Waals surface area contributed by atoms with Crippen LogP contribution in [-0.2, 0) is 13.0 Å². The second-order valence-electron chi connectivity index (χ2n) is 4.94. The zero-order valence-electron chi connectivity index (χ0n) is 11.5. The van der Waals surface area contributed by atoms with Crippen molar-refractivity contribution in [2.24, 2.45) is 5.73 Å². The van der Waals surface area contributed by atoms with Crippen LogP contribution in [0.5, 0.6) is 0 Å². The molecule has 0 radical (unpaired) electrons. The minimum absolute atomic E-state index is 0.0339. The van der Waals surface area contributed by atoms with Crippen LogP contribution in [0.3, 0.4) is 0 Å². The molecule has 106 valence electrons. The minimum Gasteiger partial charge on any atom is -0.455 e. The molecule has 2 aromatic rings. The molecule has 1 amide bonds. The maximum atomic E-state index is 12.6. The molecular weight excluding hydrogens is 272 g/mol. The van der Waals surface area contributed by atoms with E-state index in [0.29, 0.717) is 18.1 Å². The van der Waals surface area contributed by atoms with Crippen LogP contribution in [-0.4, -0.2) is 17.4 Å². The highest BCUT2D eigenvalue weighted by Crippen LogP contribution is 2.36. The number of carbonyl (C=O) groups is 1. The molecule has 0 aromatic carbocycles. The molecular formula is C15H18N2O2S. The molecule has 0 saturated carbocycles. The van der Waals surface area contributed by atoms with Crippen molar-refractivity contribution in [2.75, 3.05) is 6.54 Å². The normalized spacial score (nSPS) is 18.1. The van der Waals surface area contributed by atoms with Gasteiger partial charge in [0, 0.05) is 11.4 Å². The molecule has 1 aliphatic heterocycles. The summed E-state index contributed by atoms with van der Waals surface area (Å²) >= 11 is 1.78. The Balaban J connectivity index is 1.88. The molecule has 5 heteroatoms. The van der Waals surface area contributed by atoms with Crippen molar-refractivity contribution in [3.63, 3.8) is 0 Å². The van der Waals surface area contributed by atoms with E-state index >= 15 is 0 Å². The molecule has 0 spiro atoms. The summed E-state index contributed by atoms with van der Waals surface area (Å²) in [6, 6.07) is 5.79. The average molecular weight is 290 g/mol. The number of hydrogen-bond donors (Lipinski definition) is 1. The van der Waals surface area contributed by atoms with Crippen molar-refractivity contribution < 1.29 is 9.21 Å². The maximum absolute atomic E-state index is 12.6. The van der Waals surface area contributed by atoms with Crippen LogP contribution in [0.4, 0.5) is 0 Å². The molecule has 3 heterocycles. The monoisotopic (exact) mass is 290 g/mol. The van der Waals surface area contributed by atoms with Gasteiger partial charge in [-0.1, -0.05) is 6.92 Å². The van der Waals surface area contributed by atoms with Gasteiger partial charge in [-0.2, -0.15) is 0 Å². The van der Waals surface area contributed by atoms with Gasteiger partial charge in [0.1, 0.15) is 5.76 Å². The van der Waals surface area contributed by atoms with Gasteiger partial charge in [-0.15, -0.1) is 11.3 Å². The first-order valence-corrected chi connectivity index (χ1v) is 7.78. The van der Waals surface area contributed by atoms with Gasteiger partial charge in [0.25, 0.3) is 5.91 Å². The van der Waals surface area contributed by atoms with Crippen molar-refractivity contribution in [2.45, 2.75) is 32.4 Å². The summed E-state index contributed by atoms with van der Waals surface area (Å²) in [4.78, 5) is 16.0. The molecule has 0 unspecified atom stereocenters. The summed E-state index contributed by atoms with van der Waals surface area (Å²) in [7, 11) is 0. The van der Waals surface area contributed by atoms with Gasteiger partial charge in [-0.05, 0) is 42.0 Å². The summed E-state index contributed by atoms with van der Waals surface area (Å²) in [6.45, 7) is 3.19. The Morgan fingerprint density at radius 2 is 2.35 bits per heavy atom. The van der Waals surface area contributed by atoms with Gasteiger partial charge >= 0.3 is 0 Å². The van der Waals surface area contributed by atoms with Crippen molar-refractivity contribution in [3.8, 4) is 0 Å². The number of rotatable bonds is 3. The highest BCUT2D eigenvalue weighted by molar-refractivity contribution is 7.10. The lowest BCUT2D eigenvalue weighted by Gasteiger charge is -2.34. The number of fused-ring (bicyclic) bond motifs is 1. The van der Waals surface area contributed by atoms with Gasteiger partial charge in [0.2, 0.25) is 0 Å². The predicted octanol–water partition coefficient (Wildman–Crippen LogP) is 2.95. The molecule has 0 bridgehead atoms. The minimum atomic E-state index is -0.0339. The third-order valence-electron chi connectivity index (χ3n) is 3.82. The molecule has 2 aromatic heterocycles. The standard InChI is InChI=1S/C15H18N2O2S/c1-2-12-11-6-8-20-14(11)5-7-17(12)15(18)13-4-3-10(9-16)19-13/h3-4,6,8,12H,2,5,7,9,16H2,1H3/t12-/m0/s1. The molecule has 4 nitrogen and oxygen atoms in total. The Morgan fingerprint density at radius 1 is 1.50 bits per heavy atom. The third-order valence-corrected chi connectivity index (χ3v) is 4.81. The molecule has 0 fully saturated rings. The van der Waals surface area contributed by atoms with E-state index in [1.165, 1.54) is 10.4 Å². The SMILES string of the molecule is CC[C@H]1c2ccsc2CCN1C(=O)c1ccc(CN)o1. The van der Waals surface area contributed by atoms with E-state index in [1.54, 1.807) is 23.5 Å². The first-order chi connectivity index (χ1) is 9.74. The number of amides is 1. The summed E-state index contributed by atoms with van der Waals surface area (Å²) in [6.07, 6.45) is 1.85. The number of hydrogen-bond acceptors (Lipinski definition) is 4. The van der Waals surface area contributed by atoms with Gasteiger partial charge in [-0.25, -0.2) is 0 Å². The lowest BCUT2D eigenvalue weighted by atomic mass is 9.97. The van der Waals surface area contributed by atoms with Crippen LogP contribution in [0.2, 0.25) is 0 Å². The maximum Gasteiger partial charge on any atom is 0.290 e. The van der Waals surface area contributed by atoms with E-state index in [-0.39, 0.29) is 11.9 Å². The summed E-state index contributed by atoms with van der Waals surface area (Å²) in [5, 5.41) is 2.11. The number of furan rings is 1. The summed E-state index contributed by atoms with van der Waals surface area (Å²) in [5.41, 5.74) is 6.82. The van der Waals surface area contributed by atoms with E-state index in [2.05, 4.69) is 18.4 Å². The highest BCUT2D eigenvalue weighted by atomic mass is 32.1. The zero-order valence-corrected chi connectivity index (χ0v) is 12.3. The molecule has 1 atom stereocenters. The largest absolute Gasteiger partial charge is 0.455 e. The zero-order chi connectivity index (χ0) is 14.1. The third kappa shape index (κ3) is 2.17. The molecule has 0 saturated heterocycles. The van der Waals surface area contributed by atoms with Crippen LogP contribution in [0.15, 0.2) is 28.0 Å². The van der Waals surface area contributed by atoms with Gasteiger partial charge in [0.15, 0.2) is 5.76 Å². The Kier molecular flexibility index (Phi) is 3.63. The van der Waals surface area contributed by atoms with Crippen LogP contribution in [0.25, 0.3) is 0 Å². The molecule has 2 N–H and O–H groups in total. The van der Waals surface area contributed by atoms with Crippen molar-refractivity contribution in [1.82, 2.24) is 4.90 Å². The quantitative estimate of drug-likeness (QED) is 0.945. The average Bonchev–Trinajstić information content (AvgIpc) is 3.13. The predicted molar refractivity (Wildman–Crippen MR) is 78.7 cm³/mol. The Hall–Kier alpha value is -1.59. The van der Waals surface area contributed by atoms with E-state index in [9.17, 15) is 4.79 Å². The highest BCUT2D eigenvalue weighted by Gasteiger charge is 2.32. The van der Waals surface area contributed by atoms with Gasteiger partial charge in [0.05, 0.1) is 12.6 Å². The summed E-state index contributed by atoms with van der Waals surface area (Å²) < 4.78 is 5.50. The fourth-order valence-electron chi connectivity index (χ4n) is 2.82. The van der Waals surface area contributed by atoms with Crippen LogP contribution in [0, 0.1) is 0 Å². The fraction of sp³-hybridized carbons (Fsp3) is 0.400. The first-order valence-electron chi connectivity index (χ1n) is 6.90. The van der Waals surface area contributed by atoms with Crippen LogP contribution < -0.4 is 5.73 Å². The van der Waals surface area contributed by atoms with E-state index < -0.39 is 0 Å². The fourth-order valence-corrected chi connectivity index (χ4v) is 3.75. The molecule has 1 aliphatic rings. The molecule has 3 rings (SSSR count). The van der Waals surface area contributed by atoms with Gasteiger partial charge in [-0.3, -0.25) is 4.79 Å². The summed E-state index contributed by atoms with van der Waals surface area (Å²) in [5.74, 6) is 1.01. The van der Waals surface area contributed by atoms with E-state index in [0.717, 1.165) is 19.4 Å². The Morgan fingerprint density at radius 3 is 3.05 bits per heavy atom. The number of thiophene rings is 1. The van der Waals surface area contributed by atoms with Gasteiger partial charge < -0.3 is 15.1 Å². The number of carbonyl (C=O) groups excluding carboxylic acids is 1. The lowest BCUT2D eigenvalue weighted by Crippen LogP contribution is -2.39. The molecule has 20 heavy (non-hydrogen) atoms. The first kappa shape index (κ1) is 13.4.